The summed E-state index contributed by atoms with van der Waals surface area (Å²) in [4.78, 5) is 26.2. The molecular weight excluding hydrogens is 461 g/mol. The number of nitrogens with zero attached hydrogens (tertiary/aromatic N) is 4. The average molecular weight is 498 g/mol. The highest BCUT2D eigenvalue weighted by Gasteiger charge is 2.43. The molecule has 1 aromatic carbocycles. The van der Waals surface area contributed by atoms with Crippen molar-refractivity contribution in [3.63, 3.8) is 0 Å². The number of nitrogens with one attached hydrogen (secondary N) is 1. The Labute approximate surface area is 212 Å². The normalized spacial score (nSPS) is 25.8. The maximum atomic E-state index is 14.6. The number of halogens is 1. The van der Waals surface area contributed by atoms with Crippen molar-refractivity contribution < 1.29 is 18.7 Å². The number of piperidine rings is 1. The fourth-order valence-electron chi connectivity index (χ4n) is 5.56. The zero-order valence-electron chi connectivity index (χ0n) is 21.2. The molecule has 1 unspecified atom stereocenters. The molecule has 4 fully saturated rings. The summed E-state index contributed by atoms with van der Waals surface area (Å²) < 4.78 is 25.3. The standard InChI is InChI=1S/C27H36FN5O3/c1-27(10-13-32-11-8-21(27)9-12-32)31-25(34)20-17-33(18-20)26-29-16-23(28)24(30-26)19-4-6-22(7-5-19)36-15-3-14-35-2/h4-7,16,20-21H,3,8-15,17-18H2,1-2H3,(H,31,34). The van der Waals surface area contributed by atoms with E-state index in [1.807, 2.05) is 17.0 Å². The van der Waals surface area contributed by atoms with E-state index in [-0.39, 0.29) is 23.1 Å². The van der Waals surface area contributed by atoms with E-state index in [1.54, 1.807) is 19.2 Å². The third-order valence-electron chi connectivity index (χ3n) is 8.00. The first-order valence-electron chi connectivity index (χ1n) is 13.0. The van der Waals surface area contributed by atoms with Crippen LogP contribution in [-0.4, -0.2) is 79.4 Å². The van der Waals surface area contributed by atoms with Crippen LogP contribution in [0.25, 0.3) is 11.3 Å². The number of aromatic nitrogens is 2. The second-order valence-corrected chi connectivity index (χ2v) is 10.5. The number of fused-ring (bicyclic) bond motifs is 4. The summed E-state index contributed by atoms with van der Waals surface area (Å²) in [5.41, 5.74) is 0.764. The molecule has 1 atom stereocenters. The van der Waals surface area contributed by atoms with E-state index in [2.05, 4.69) is 27.1 Å². The van der Waals surface area contributed by atoms with Gasteiger partial charge in [0.25, 0.3) is 0 Å². The van der Waals surface area contributed by atoms with Gasteiger partial charge in [-0.2, -0.15) is 0 Å². The average Bonchev–Trinajstić information content (AvgIpc) is 3.10. The molecule has 1 aromatic heterocycles. The van der Waals surface area contributed by atoms with Gasteiger partial charge in [-0.15, -0.1) is 0 Å². The van der Waals surface area contributed by atoms with Crippen LogP contribution >= 0.6 is 0 Å². The number of amides is 1. The molecule has 0 spiro atoms. The summed E-state index contributed by atoms with van der Waals surface area (Å²) in [7, 11) is 1.66. The van der Waals surface area contributed by atoms with Gasteiger partial charge < -0.3 is 24.6 Å². The molecule has 0 saturated carbocycles. The molecule has 9 heteroatoms. The van der Waals surface area contributed by atoms with Gasteiger partial charge in [0.15, 0.2) is 5.82 Å². The maximum Gasteiger partial charge on any atom is 0.227 e. The largest absolute Gasteiger partial charge is 0.494 e. The molecule has 4 aliphatic rings. The molecule has 4 saturated heterocycles. The van der Waals surface area contributed by atoms with Crippen LogP contribution in [0.15, 0.2) is 30.5 Å². The van der Waals surface area contributed by atoms with Gasteiger partial charge in [-0.25, -0.2) is 14.4 Å². The molecule has 2 aromatic rings. The van der Waals surface area contributed by atoms with Gasteiger partial charge in [0.2, 0.25) is 11.9 Å². The van der Waals surface area contributed by atoms with E-state index in [9.17, 15) is 9.18 Å². The SMILES string of the molecule is COCCCOc1ccc(-c2nc(N3CC(C(=O)NC4(C)CCN5CCC4CC5)C3)ncc2F)cc1. The van der Waals surface area contributed by atoms with E-state index >= 15 is 0 Å². The maximum absolute atomic E-state index is 14.6. The Bertz CT molecular complexity index is 1050. The molecule has 8 nitrogen and oxygen atoms in total. The number of hydrogen-bond acceptors (Lipinski definition) is 7. The third-order valence-corrected chi connectivity index (χ3v) is 8.00. The Morgan fingerprint density at radius 3 is 2.64 bits per heavy atom. The molecule has 5 heterocycles. The number of carbonyl (C=O) groups excluding carboxylic acids is 1. The van der Waals surface area contributed by atoms with Gasteiger partial charge in [0.05, 0.1) is 18.7 Å². The Morgan fingerprint density at radius 2 is 1.92 bits per heavy atom. The van der Waals surface area contributed by atoms with Crippen LogP contribution in [0.1, 0.15) is 32.6 Å². The third kappa shape index (κ3) is 5.32. The lowest BCUT2D eigenvalue weighted by Gasteiger charge is -2.42. The van der Waals surface area contributed by atoms with E-state index in [0.29, 0.717) is 49.5 Å². The van der Waals surface area contributed by atoms with E-state index < -0.39 is 5.82 Å². The number of methoxy groups -OCH3 is 1. The summed E-state index contributed by atoms with van der Waals surface area (Å²) in [5, 5.41) is 3.40. The highest BCUT2D eigenvalue weighted by atomic mass is 19.1. The van der Waals surface area contributed by atoms with Gasteiger partial charge >= 0.3 is 0 Å². The zero-order chi connectivity index (χ0) is 25.1. The second-order valence-electron chi connectivity index (χ2n) is 10.5. The minimum atomic E-state index is -0.478. The molecule has 1 amide bonds. The van der Waals surface area contributed by atoms with E-state index in [4.69, 9.17) is 9.47 Å². The summed E-state index contributed by atoms with van der Waals surface area (Å²) in [6, 6.07) is 7.21. The topological polar surface area (TPSA) is 79.8 Å². The number of carbonyl (C=O) groups is 1. The van der Waals surface area contributed by atoms with E-state index in [0.717, 1.165) is 45.3 Å². The Hall–Kier alpha value is -2.78. The molecule has 0 aliphatic carbocycles. The number of hydrogen-bond donors (Lipinski definition) is 1. The van der Waals surface area contributed by atoms with Crippen molar-refractivity contribution >= 4 is 11.9 Å². The number of rotatable bonds is 9. The molecule has 6 rings (SSSR count). The number of benzene rings is 1. The second kappa shape index (κ2) is 10.7. The van der Waals surface area contributed by atoms with Crippen LogP contribution in [0.3, 0.4) is 0 Å². The van der Waals surface area contributed by atoms with Crippen molar-refractivity contribution in [2.45, 2.75) is 38.1 Å². The monoisotopic (exact) mass is 497 g/mol. The number of ether oxygens (including phenoxy) is 2. The molecule has 0 radical (unpaired) electrons. The highest BCUT2D eigenvalue weighted by Crippen LogP contribution is 2.36. The lowest BCUT2D eigenvalue weighted by atomic mass is 9.78. The summed E-state index contributed by atoms with van der Waals surface area (Å²) in [5.74, 6) is 1.23. The highest BCUT2D eigenvalue weighted by molar-refractivity contribution is 5.82. The molecule has 1 N–H and O–H groups in total. The van der Waals surface area contributed by atoms with Crippen LogP contribution < -0.4 is 15.0 Å². The van der Waals surface area contributed by atoms with Crippen LogP contribution in [0.2, 0.25) is 0 Å². The fourth-order valence-corrected chi connectivity index (χ4v) is 5.56. The minimum Gasteiger partial charge on any atom is -0.494 e. The van der Waals surface area contributed by atoms with Crippen molar-refractivity contribution in [3.8, 4) is 17.0 Å². The van der Waals surface area contributed by atoms with E-state index in [1.165, 1.54) is 6.20 Å². The Balaban J connectivity index is 1.18. The quantitative estimate of drug-likeness (QED) is 0.533. The first kappa shape index (κ1) is 24.9. The summed E-state index contributed by atoms with van der Waals surface area (Å²) in [6.07, 6.45) is 5.32. The van der Waals surface area contributed by atoms with Gasteiger partial charge in [-0.05, 0) is 69.5 Å². The number of anilines is 1. The molecule has 4 aliphatic heterocycles. The fraction of sp³-hybridized carbons (Fsp3) is 0.593. The molecule has 36 heavy (non-hydrogen) atoms. The summed E-state index contributed by atoms with van der Waals surface area (Å²) in [6.45, 7) is 7.83. The predicted molar refractivity (Wildman–Crippen MR) is 135 cm³/mol. The predicted octanol–water partition coefficient (Wildman–Crippen LogP) is 3.12. The van der Waals surface area contributed by atoms with Crippen molar-refractivity contribution in [2.24, 2.45) is 11.8 Å². The van der Waals surface area contributed by atoms with Crippen LogP contribution in [0, 0.1) is 17.7 Å². The molecular formula is C27H36FN5O3. The van der Waals surface area contributed by atoms with Gasteiger partial charge in [-0.3, -0.25) is 4.79 Å². The Kier molecular flexibility index (Phi) is 7.39. The Morgan fingerprint density at radius 1 is 1.17 bits per heavy atom. The van der Waals surface area contributed by atoms with Crippen LogP contribution in [0.4, 0.5) is 10.3 Å². The lowest BCUT2D eigenvalue weighted by Crippen LogP contribution is -2.60. The van der Waals surface area contributed by atoms with Crippen molar-refractivity contribution in [1.29, 1.82) is 0 Å². The minimum absolute atomic E-state index is 0.103. The van der Waals surface area contributed by atoms with Crippen molar-refractivity contribution in [1.82, 2.24) is 20.2 Å². The molecule has 194 valence electrons. The zero-order valence-corrected chi connectivity index (χ0v) is 21.2. The van der Waals surface area contributed by atoms with Crippen LogP contribution in [-0.2, 0) is 9.53 Å². The van der Waals surface area contributed by atoms with Gasteiger partial charge in [0, 0.05) is 50.9 Å². The van der Waals surface area contributed by atoms with Crippen molar-refractivity contribution in [3.05, 3.63) is 36.3 Å². The molecule has 2 bridgehead atoms. The van der Waals surface area contributed by atoms with Gasteiger partial charge in [-0.1, -0.05) is 0 Å². The summed E-state index contributed by atoms with van der Waals surface area (Å²) >= 11 is 0. The first-order valence-corrected chi connectivity index (χ1v) is 13.0. The van der Waals surface area contributed by atoms with Crippen LogP contribution in [0.5, 0.6) is 5.75 Å². The van der Waals surface area contributed by atoms with Crippen molar-refractivity contribution in [2.75, 3.05) is 57.9 Å². The smallest absolute Gasteiger partial charge is 0.227 e. The lowest BCUT2D eigenvalue weighted by molar-refractivity contribution is -0.128. The van der Waals surface area contributed by atoms with Gasteiger partial charge in [0.1, 0.15) is 11.4 Å². The first-order chi connectivity index (χ1) is 17.4.